The van der Waals surface area contributed by atoms with E-state index in [9.17, 15) is 5.11 Å². The third kappa shape index (κ3) is 2.79. The van der Waals surface area contributed by atoms with E-state index in [1.807, 2.05) is 0 Å². The van der Waals surface area contributed by atoms with Gasteiger partial charge in [0.25, 0.3) is 0 Å². The van der Waals surface area contributed by atoms with Gasteiger partial charge >= 0.3 is 0 Å². The van der Waals surface area contributed by atoms with Gasteiger partial charge in [0.15, 0.2) is 0 Å². The average molecular weight is 234 g/mol. The molecule has 1 heterocycles. The van der Waals surface area contributed by atoms with Gasteiger partial charge < -0.3 is 14.9 Å². The van der Waals surface area contributed by atoms with Crippen LogP contribution in [0.1, 0.15) is 18.4 Å². The first-order chi connectivity index (χ1) is 8.22. The van der Waals surface area contributed by atoms with E-state index in [0.29, 0.717) is 0 Å². The minimum absolute atomic E-state index is 0.213. The van der Waals surface area contributed by atoms with Crippen molar-refractivity contribution >= 4 is 5.69 Å². The molecule has 0 aromatic heterocycles. The molecule has 0 aliphatic carbocycles. The van der Waals surface area contributed by atoms with Crippen molar-refractivity contribution in [2.24, 2.45) is 0 Å². The molecule has 1 aliphatic heterocycles. The van der Waals surface area contributed by atoms with Crippen LogP contribution >= 0.6 is 0 Å². The van der Waals surface area contributed by atoms with Crippen LogP contribution < -0.4 is 4.90 Å². The molecule has 0 spiro atoms. The molecule has 1 N–H and O–H groups in total. The highest BCUT2D eigenvalue weighted by molar-refractivity contribution is 5.55. The van der Waals surface area contributed by atoms with E-state index < -0.39 is 0 Å². The normalized spacial score (nSPS) is 19.4. The Bertz CT molecular complexity index is 359. The van der Waals surface area contributed by atoms with Gasteiger partial charge in [0, 0.05) is 44.4 Å². The minimum Gasteiger partial charge on any atom is -0.396 e. The molecular weight excluding hydrogens is 212 g/mol. The van der Waals surface area contributed by atoms with Crippen molar-refractivity contribution in [3.05, 3.63) is 29.8 Å². The van der Waals surface area contributed by atoms with Crippen molar-refractivity contribution in [3.63, 3.8) is 0 Å². The number of aliphatic hydroxyl groups is 1. The molecule has 0 bridgehead atoms. The summed E-state index contributed by atoms with van der Waals surface area (Å²) < 4.78 is 0. The van der Waals surface area contributed by atoms with Crippen LogP contribution in [0, 0.1) is 0 Å². The fraction of sp³-hybridized carbons (Fsp3) is 0.571. The summed E-state index contributed by atoms with van der Waals surface area (Å²) in [6.07, 6.45) is 0. The van der Waals surface area contributed by atoms with Crippen LogP contribution in [0.25, 0.3) is 0 Å². The molecule has 3 nitrogen and oxygen atoms in total. The Hall–Kier alpha value is -1.06. The second-order valence-electron chi connectivity index (χ2n) is 4.93. The molecule has 2 rings (SSSR count). The maximum atomic E-state index is 9.33. The van der Waals surface area contributed by atoms with Crippen LogP contribution in [-0.2, 0) is 0 Å². The molecule has 1 aromatic carbocycles. The highest BCUT2D eigenvalue weighted by Gasteiger charge is 2.18. The van der Waals surface area contributed by atoms with Crippen LogP contribution in [0.3, 0.4) is 0 Å². The molecule has 3 heteroatoms. The average Bonchev–Trinajstić information content (AvgIpc) is 2.39. The van der Waals surface area contributed by atoms with Crippen molar-refractivity contribution < 1.29 is 5.11 Å². The predicted molar refractivity (Wildman–Crippen MR) is 71.7 cm³/mol. The summed E-state index contributed by atoms with van der Waals surface area (Å²) in [5.74, 6) is 0.214. The summed E-state index contributed by atoms with van der Waals surface area (Å²) in [4.78, 5) is 4.79. The van der Waals surface area contributed by atoms with Crippen LogP contribution in [-0.4, -0.2) is 49.8 Å². The summed E-state index contributed by atoms with van der Waals surface area (Å²) in [6.45, 7) is 6.67. The van der Waals surface area contributed by atoms with Gasteiger partial charge in [-0.1, -0.05) is 25.1 Å². The van der Waals surface area contributed by atoms with Crippen molar-refractivity contribution in [2.75, 3.05) is 44.7 Å². The number of anilines is 1. The molecule has 1 aromatic rings. The highest BCUT2D eigenvalue weighted by atomic mass is 16.3. The zero-order valence-corrected chi connectivity index (χ0v) is 10.8. The molecule has 1 unspecified atom stereocenters. The second kappa shape index (κ2) is 5.52. The summed E-state index contributed by atoms with van der Waals surface area (Å²) >= 11 is 0. The van der Waals surface area contributed by atoms with Gasteiger partial charge in [-0.05, 0) is 18.7 Å². The molecule has 94 valence electrons. The van der Waals surface area contributed by atoms with Crippen LogP contribution in [0.5, 0.6) is 0 Å². The Morgan fingerprint density at radius 1 is 1.18 bits per heavy atom. The lowest BCUT2D eigenvalue weighted by atomic mass is 9.99. The van der Waals surface area contributed by atoms with Gasteiger partial charge in [0.1, 0.15) is 0 Å². The van der Waals surface area contributed by atoms with Crippen LogP contribution in [0.4, 0.5) is 5.69 Å². The number of aliphatic hydroxyl groups excluding tert-OH is 1. The maximum Gasteiger partial charge on any atom is 0.0497 e. The molecule has 0 radical (unpaired) electrons. The van der Waals surface area contributed by atoms with Crippen molar-refractivity contribution in [3.8, 4) is 0 Å². The number of hydrogen-bond acceptors (Lipinski definition) is 3. The van der Waals surface area contributed by atoms with E-state index in [4.69, 9.17) is 0 Å². The third-order valence-electron chi connectivity index (χ3n) is 3.59. The molecule has 0 saturated carbocycles. The number of benzene rings is 1. The first-order valence-electron chi connectivity index (χ1n) is 6.35. The SMILES string of the molecule is CC(CO)c1ccccc1N1CCN(C)CC1. The molecular formula is C14H22N2O. The Balaban J connectivity index is 2.19. The quantitative estimate of drug-likeness (QED) is 0.859. The Morgan fingerprint density at radius 3 is 2.47 bits per heavy atom. The Kier molecular flexibility index (Phi) is 4.02. The van der Waals surface area contributed by atoms with E-state index in [1.54, 1.807) is 0 Å². The molecule has 1 fully saturated rings. The van der Waals surface area contributed by atoms with Gasteiger partial charge in [-0.25, -0.2) is 0 Å². The zero-order chi connectivity index (χ0) is 12.3. The number of para-hydroxylation sites is 1. The standard InChI is InChI=1S/C14H22N2O/c1-12(11-17)13-5-3-4-6-14(13)16-9-7-15(2)8-10-16/h3-6,12,17H,7-11H2,1-2H3. The van der Waals surface area contributed by atoms with Crippen LogP contribution in [0.2, 0.25) is 0 Å². The minimum atomic E-state index is 0.213. The Morgan fingerprint density at radius 2 is 1.82 bits per heavy atom. The summed E-state index contributed by atoms with van der Waals surface area (Å²) in [5, 5.41) is 9.33. The number of hydrogen-bond donors (Lipinski definition) is 1. The van der Waals surface area contributed by atoms with Crippen molar-refractivity contribution in [1.29, 1.82) is 0 Å². The van der Waals surface area contributed by atoms with Crippen LogP contribution in [0.15, 0.2) is 24.3 Å². The van der Waals surface area contributed by atoms with E-state index in [2.05, 4.69) is 48.0 Å². The van der Waals surface area contributed by atoms with Gasteiger partial charge in [-0.15, -0.1) is 0 Å². The first-order valence-corrected chi connectivity index (χ1v) is 6.35. The summed E-state index contributed by atoms with van der Waals surface area (Å²) in [7, 11) is 2.17. The lowest BCUT2D eigenvalue weighted by Gasteiger charge is -2.35. The molecule has 0 amide bonds. The molecule has 1 saturated heterocycles. The lowest BCUT2D eigenvalue weighted by Crippen LogP contribution is -2.44. The highest BCUT2D eigenvalue weighted by Crippen LogP contribution is 2.27. The van der Waals surface area contributed by atoms with Gasteiger partial charge in [-0.2, -0.15) is 0 Å². The topological polar surface area (TPSA) is 26.7 Å². The third-order valence-corrected chi connectivity index (χ3v) is 3.59. The largest absolute Gasteiger partial charge is 0.396 e. The molecule has 1 atom stereocenters. The second-order valence-corrected chi connectivity index (χ2v) is 4.93. The summed E-state index contributed by atoms with van der Waals surface area (Å²) in [5.41, 5.74) is 2.56. The van der Waals surface area contributed by atoms with E-state index >= 15 is 0 Å². The van der Waals surface area contributed by atoms with E-state index in [0.717, 1.165) is 26.2 Å². The Labute approximate surface area is 104 Å². The van der Waals surface area contributed by atoms with E-state index in [1.165, 1.54) is 11.3 Å². The molecule has 1 aliphatic rings. The van der Waals surface area contributed by atoms with Crippen molar-refractivity contribution in [1.82, 2.24) is 4.90 Å². The van der Waals surface area contributed by atoms with Gasteiger partial charge in [-0.3, -0.25) is 0 Å². The number of nitrogens with zero attached hydrogens (tertiary/aromatic N) is 2. The fourth-order valence-electron chi connectivity index (χ4n) is 2.34. The monoisotopic (exact) mass is 234 g/mol. The summed E-state index contributed by atoms with van der Waals surface area (Å²) in [6, 6.07) is 8.45. The van der Waals surface area contributed by atoms with Crippen molar-refractivity contribution in [2.45, 2.75) is 12.8 Å². The lowest BCUT2D eigenvalue weighted by molar-refractivity contribution is 0.272. The fourth-order valence-corrected chi connectivity index (χ4v) is 2.34. The van der Waals surface area contributed by atoms with Gasteiger partial charge in [0.05, 0.1) is 0 Å². The zero-order valence-electron chi connectivity index (χ0n) is 10.8. The number of likely N-dealkylation sites (N-methyl/N-ethyl adjacent to an activating group) is 1. The smallest absolute Gasteiger partial charge is 0.0497 e. The molecule has 17 heavy (non-hydrogen) atoms. The van der Waals surface area contributed by atoms with E-state index in [-0.39, 0.29) is 12.5 Å². The maximum absolute atomic E-state index is 9.33. The van der Waals surface area contributed by atoms with Gasteiger partial charge in [0.2, 0.25) is 0 Å². The number of rotatable bonds is 3. The first kappa shape index (κ1) is 12.4. The number of piperazine rings is 1. The predicted octanol–water partition coefficient (Wildman–Crippen LogP) is 1.53.